The van der Waals surface area contributed by atoms with Gasteiger partial charge in [-0.2, -0.15) is 18.4 Å². The van der Waals surface area contributed by atoms with E-state index in [1.54, 1.807) is 13.0 Å². The number of halogens is 3. The second kappa shape index (κ2) is 15.1. The lowest BCUT2D eigenvalue weighted by Gasteiger charge is -2.22. The highest BCUT2D eigenvalue weighted by atomic mass is 19.4. The van der Waals surface area contributed by atoms with Gasteiger partial charge in [-0.05, 0) is 115 Å². The number of hydrogen-bond donors (Lipinski definition) is 0. The van der Waals surface area contributed by atoms with Gasteiger partial charge in [0.1, 0.15) is 0 Å². The topological polar surface area (TPSA) is 43.5 Å². The third-order valence-electron chi connectivity index (χ3n) is 14.5. The maximum atomic E-state index is 14.5. The largest absolute Gasteiger partial charge is 0.416 e. The van der Waals surface area contributed by atoms with E-state index in [0.29, 0.717) is 33.6 Å². The Labute approximate surface area is 404 Å². The van der Waals surface area contributed by atoms with E-state index in [9.17, 15) is 18.4 Å². The van der Waals surface area contributed by atoms with Crippen LogP contribution in [-0.4, -0.2) is 18.3 Å². The Morgan fingerprint density at radius 1 is 0.366 bits per heavy atom. The van der Waals surface area contributed by atoms with Gasteiger partial charge in [0.25, 0.3) is 0 Å². The minimum absolute atomic E-state index is 0.406. The fourth-order valence-corrected chi connectivity index (χ4v) is 11.5. The Morgan fingerprint density at radius 3 is 1.06 bits per heavy atom. The number of alkyl halides is 3. The molecule has 336 valence electrons. The number of para-hydroxylation sites is 6. The van der Waals surface area contributed by atoms with E-state index in [4.69, 9.17) is 0 Å². The second-order valence-corrected chi connectivity index (χ2v) is 18.4. The average molecular weight is 922 g/mol. The molecule has 10 aromatic carbocycles. The number of nitrogens with zero attached hydrogens (tertiary/aromatic N) is 5. The van der Waals surface area contributed by atoms with Crippen LogP contribution in [0.1, 0.15) is 16.7 Å². The van der Waals surface area contributed by atoms with Crippen molar-refractivity contribution in [2.75, 3.05) is 0 Å². The van der Waals surface area contributed by atoms with Crippen molar-refractivity contribution in [3.8, 4) is 39.9 Å². The lowest BCUT2D eigenvalue weighted by molar-refractivity contribution is -0.137. The fraction of sp³-hybridized carbons (Fsp3) is 0.0317. The second-order valence-electron chi connectivity index (χ2n) is 18.4. The lowest BCUT2D eigenvalue weighted by atomic mass is 9.93. The standard InChI is InChI=1S/C63H38F3N5/c1-38-32-40(63(64,65)66)26-29-43(38)62-60(70-56-24-12-6-18-48(56)50-35-41(27-30-58(50)70)68-52-20-8-2-14-44(52)45-15-3-9-21-53(45)68)33-39(37-67)34-61(62)71-57-25-13-7-19-49(57)51-36-42(28-31-59(51)71)69-54-22-10-4-16-46(54)47-17-5-11-23-55(47)69/h2-36H,1H3. The Hall–Kier alpha value is -9.32. The first-order chi connectivity index (χ1) is 34.7. The van der Waals surface area contributed by atoms with Gasteiger partial charge in [0.15, 0.2) is 0 Å². The van der Waals surface area contributed by atoms with Gasteiger partial charge in [-0.25, -0.2) is 0 Å². The Morgan fingerprint density at radius 2 is 0.704 bits per heavy atom. The van der Waals surface area contributed by atoms with Crippen molar-refractivity contribution in [2.24, 2.45) is 0 Å². The Balaban J connectivity index is 1.07. The molecule has 0 aliphatic carbocycles. The van der Waals surface area contributed by atoms with Crippen LogP contribution >= 0.6 is 0 Å². The third-order valence-corrected chi connectivity index (χ3v) is 14.5. The summed E-state index contributed by atoms with van der Waals surface area (Å²) in [6.45, 7) is 1.74. The van der Waals surface area contributed by atoms with E-state index in [0.717, 1.165) is 98.6 Å². The predicted octanol–water partition coefficient (Wildman–Crippen LogP) is 16.9. The minimum atomic E-state index is -4.54. The highest BCUT2D eigenvalue weighted by Crippen LogP contribution is 2.46. The van der Waals surface area contributed by atoms with E-state index in [-0.39, 0.29) is 0 Å². The van der Waals surface area contributed by atoms with Crippen molar-refractivity contribution in [3.63, 3.8) is 0 Å². The van der Waals surface area contributed by atoms with Crippen molar-refractivity contribution >= 4 is 87.2 Å². The van der Waals surface area contributed by atoms with Gasteiger partial charge in [-0.3, -0.25) is 0 Å². The molecule has 4 heterocycles. The van der Waals surface area contributed by atoms with Gasteiger partial charge in [0.2, 0.25) is 0 Å². The van der Waals surface area contributed by atoms with Crippen molar-refractivity contribution in [3.05, 3.63) is 229 Å². The normalized spacial score (nSPS) is 12.2. The summed E-state index contributed by atoms with van der Waals surface area (Å²) in [5.41, 5.74) is 12.7. The van der Waals surface area contributed by atoms with Gasteiger partial charge < -0.3 is 18.3 Å². The zero-order valence-corrected chi connectivity index (χ0v) is 38.1. The molecule has 14 aromatic rings. The monoisotopic (exact) mass is 921 g/mol. The van der Waals surface area contributed by atoms with Crippen LogP contribution in [0.4, 0.5) is 13.2 Å². The number of aromatic nitrogens is 4. The molecule has 0 spiro atoms. The molecule has 0 aliphatic rings. The molecular formula is C63H38F3N5. The van der Waals surface area contributed by atoms with Gasteiger partial charge in [0, 0.05) is 60.0 Å². The molecule has 5 nitrogen and oxygen atoms in total. The zero-order valence-electron chi connectivity index (χ0n) is 38.1. The molecule has 0 radical (unpaired) electrons. The number of nitriles is 1. The van der Waals surface area contributed by atoms with Crippen molar-refractivity contribution in [2.45, 2.75) is 13.1 Å². The zero-order chi connectivity index (χ0) is 47.7. The molecule has 0 atom stereocenters. The molecule has 0 saturated heterocycles. The fourth-order valence-electron chi connectivity index (χ4n) is 11.5. The molecule has 0 bridgehead atoms. The molecule has 0 fully saturated rings. The summed E-state index contributed by atoms with van der Waals surface area (Å²) in [5, 5.41) is 19.6. The number of benzene rings is 10. The molecule has 0 aliphatic heterocycles. The number of rotatable bonds is 5. The highest BCUT2D eigenvalue weighted by molar-refractivity contribution is 6.15. The van der Waals surface area contributed by atoms with E-state index in [2.05, 4.69) is 182 Å². The molecule has 0 N–H and O–H groups in total. The summed E-state index contributed by atoms with van der Waals surface area (Å²) in [6, 6.07) is 73.5. The summed E-state index contributed by atoms with van der Waals surface area (Å²) in [4.78, 5) is 0. The van der Waals surface area contributed by atoms with Crippen molar-refractivity contribution in [1.29, 1.82) is 5.26 Å². The Bertz CT molecular complexity index is 4250. The summed E-state index contributed by atoms with van der Waals surface area (Å²) in [7, 11) is 0. The number of aryl methyl sites for hydroxylation is 1. The maximum absolute atomic E-state index is 14.5. The van der Waals surface area contributed by atoms with E-state index in [1.807, 2.05) is 36.4 Å². The van der Waals surface area contributed by atoms with Gasteiger partial charge in [-0.1, -0.05) is 115 Å². The molecule has 8 heteroatoms. The molecule has 0 amide bonds. The van der Waals surface area contributed by atoms with Gasteiger partial charge in [0.05, 0.1) is 72.7 Å². The molecule has 71 heavy (non-hydrogen) atoms. The third kappa shape index (κ3) is 5.93. The molecular weight excluding hydrogens is 884 g/mol. The minimum Gasteiger partial charge on any atom is -0.309 e. The Kier molecular flexibility index (Phi) is 8.65. The maximum Gasteiger partial charge on any atom is 0.416 e. The van der Waals surface area contributed by atoms with Gasteiger partial charge >= 0.3 is 6.18 Å². The van der Waals surface area contributed by atoms with Crippen LogP contribution < -0.4 is 0 Å². The summed E-state index contributed by atoms with van der Waals surface area (Å²) in [5.74, 6) is 0. The first kappa shape index (κ1) is 40.7. The molecule has 14 rings (SSSR count). The van der Waals surface area contributed by atoms with Gasteiger partial charge in [-0.15, -0.1) is 0 Å². The first-order valence-electron chi connectivity index (χ1n) is 23.6. The number of hydrogen-bond acceptors (Lipinski definition) is 1. The van der Waals surface area contributed by atoms with E-state index < -0.39 is 11.7 Å². The SMILES string of the molecule is Cc1cc(C(F)(F)F)ccc1-c1c(-n2c3ccccc3c3cc(-n4c5ccccc5c5ccccc54)ccc32)cc(C#N)cc1-n1c2ccccc2c2cc(-n3c4ccccc4c4ccccc43)ccc21. The van der Waals surface area contributed by atoms with Crippen LogP contribution in [0.25, 0.3) is 121 Å². The van der Waals surface area contributed by atoms with Crippen molar-refractivity contribution in [1.82, 2.24) is 18.3 Å². The van der Waals surface area contributed by atoms with Crippen LogP contribution in [0.3, 0.4) is 0 Å². The van der Waals surface area contributed by atoms with E-state index >= 15 is 0 Å². The van der Waals surface area contributed by atoms with Crippen LogP contribution in [0, 0.1) is 18.3 Å². The van der Waals surface area contributed by atoms with Crippen molar-refractivity contribution < 1.29 is 13.2 Å². The highest BCUT2D eigenvalue weighted by Gasteiger charge is 2.32. The predicted molar refractivity (Wildman–Crippen MR) is 284 cm³/mol. The van der Waals surface area contributed by atoms with Crippen LogP contribution in [0.2, 0.25) is 0 Å². The summed E-state index contributed by atoms with van der Waals surface area (Å²) >= 11 is 0. The first-order valence-corrected chi connectivity index (χ1v) is 23.6. The summed E-state index contributed by atoms with van der Waals surface area (Å²) in [6.07, 6.45) is -4.54. The number of fused-ring (bicyclic) bond motifs is 12. The smallest absolute Gasteiger partial charge is 0.309 e. The quantitative estimate of drug-likeness (QED) is 0.170. The van der Waals surface area contributed by atoms with E-state index in [1.165, 1.54) is 12.1 Å². The van der Waals surface area contributed by atoms with Crippen LogP contribution in [0.5, 0.6) is 0 Å². The van der Waals surface area contributed by atoms with Crippen LogP contribution in [0.15, 0.2) is 212 Å². The van der Waals surface area contributed by atoms with Crippen LogP contribution in [-0.2, 0) is 6.18 Å². The molecule has 0 saturated carbocycles. The molecule has 0 unspecified atom stereocenters. The molecule has 4 aromatic heterocycles. The summed E-state index contributed by atoms with van der Waals surface area (Å²) < 4.78 is 52.4. The average Bonchev–Trinajstić information content (AvgIpc) is 4.13. The lowest BCUT2D eigenvalue weighted by Crippen LogP contribution is -2.08.